The van der Waals surface area contributed by atoms with E-state index in [1.54, 1.807) is 4.68 Å². The summed E-state index contributed by atoms with van der Waals surface area (Å²) in [5, 5.41) is 8.55. The van der Waals surface area contributed by atoms with Gasteiger partial charge in [-0.05, 0) is 13.8 Å². The van der Waals surface area contributed by atoms with Gasteiger partial charge in [-0.2, -0.15) is 10.2 Å². The third kappa shape index (κ3) is 3.14. The molecule has 23 heavy (non-hydrogen) atoms. The van der Waals surface area contributed by atoms with E-state index in [1.165, 1.54) is 5.56 Å². The second-order valence-electron chi connectivity index (χ2n) is 6.26. The fraction of sp³-hybridized carbons (Fsp3) is 0.562. The van der Waals surface area contributed by atoms with Gasteiger partial charge in [0.05, 0.1) is 17.5 Å². The SMILES string of the molecule is Cc1nn(C)c(C)c1C(=O)N1CCN(Cc2cnn(C)c2)CC1. The highest BCUT2D eigenvalue weighted by molar-refractivity contribution is 5.96. The molecule has 3 heterocycles. The van der Waals surface area contributed by atoms with Crippen molar-refractivity contribution in [3.63, 3.8) is 0 Å². The summed E-state index contributed by atoms with van der Waals surface area (Å²) in [4.78, 5) is 17.1. The largest absolute Gasteiger partial charge is 0.336 e. The Morgan fingerprint density at radius 3 is 2.39 bits per heavy atom. The Morgan fingerprint density at radius 1 is 1.17 bits per heavy atom. The van der Waals surface area contributed by atoms with Crippen LogP contribution in [0, 0.1) is 13.8 Å². The van der Waals surface area contributed by atoms with E-state index in [9.17, 15) is 4.79 Å². The number of piperazine rings is 1. The molecule has 0 saturated carbocycles. The molecule has 1 saturated heterocycles. The second kappa shape index (κ2) is 6.16. The normalized spacial score (nSPS) is 16.1. The molecule has 0 N–H and O–H groups in total. The van der Waals surface area contributed by atoms with Crippen LogP contribution in [0.1, 0.15) is 27.3 Å². The van der Waals surface area contributed by atoms with Crippen molar-refractivity contribution < 1.29 is 4.79 Å². The summed E-state index contributed by atoms with van der Waals surface area (Å²) in [5.41, 5.74) is 3.72. The van der Waals surface area contributed by atoms with Crippen molar-refractivity contribution >= 4 is 5.91 Å². The molecule has 7 heteroatoms. The van der Waals surface area contributed by atoms with Gasteiger partial charge in [0, 0.05) is 64.3 Å². The molecule has 7 nitrogen and oxygen atoms in total. The van der Waals surface area contributed by atoms with E-state index >= 15 is 0 Å². The van der Waals surface area contributed by atoms with Crippen LogP contribution in [0.15, 0.2) is 12.4 Å². The first kappa shape index (κ1) is 15.7. The maximum absolute atomic E-state index is 12.8. The van der Waals surface area contributed by atoms with Crippen LogP contribution in [0.5, 0.6) is 0 Å². The summed E-state index contributed by atoms with van der Waals surface area (Å²) in [7, 11) is 3.81. The first-order chi connectivity index (χ1) is 11.0. The van der Waals surface area contributed by atoms with Gasteiger partial charge >= 0.3 is 0 Å². The van der Waals surface area contributed by atoms with Gasteiger partial charge in [-0.3, -0.25) is 19.1 Å². The lowest BCUT2D eigenvalue weighted by atomic mass is 10.1. The Hall–Kier alpha value is -2.15. The molecule has 0 aliphatic carbocycles. The Bertz CT molecular complexity index is 708. The van der Waals surface area contributed by atoms with Gasteiger partial charge in [0.2, 0.25) is 0 Å². The highest BCUT2D eigenvalue weighted by atomic mass is 16.2. The van der Waals surface area contributed by atoms with Gasteiger partial charge in [0.15, 0.2) is 0 Å². The van der Waals surface area contributed by atoms with Gasteiger partial charge in [-0.1, -0.05) is 0 Å². The number of aromatic nitrogens is 4. The van der Waals surface area contributed by atoms with Gasteiger partial charge < -0.3 is 4.90 Å². The highest BCUT2D eigenvalue weighted by Crippen LogP contribution is 2.17. The van der Waals surface area contributed by atoms with Crippen molar-refractivity contribution in [2.45, 2.75) is 20.4 Å². The van der Waals surface area contributed by atoms with Crippen molar-refractivity contribution in [3.05, 3.63) is 34.9 Å². The molecule has 2 aromatic rings. The maximum atomic E-state index is 12.8. The van der Waals surface area contributed by atoms with Crippen molar-refractivity contribution in [2.24, 2.45) is 14.1 Å². The monoisotopic (exact) mass is 316 g/mol. The molecule has 3 rings (SSSR count). The Kier molecular flexibility index (Phi) is 4.21. The number of hydrogen-bond donors (Lipinski definition) is 0. The van der Waals surface area contributed by atoms with Crippen LogP contribution in [-0.4, -0.2) is 61.4 Å². The summed E-state index contributed by atoms with van der Waals surface area (Å²) in [5.74, 6) is 0.106. The number of nitrogens with zero attached hydrogens (tertiary/aromatic N) is 6. The number of carbonyl (C=O) groups excluding carboxylic acids is 1. The van der Waals surface area contributed by atoms with Gasteiger partial charge in [0.25, 0.3) is 5.91 Å². The van der Waals surface area contributed by atoms with Gasteiger partial charge in [-0.25, -0.2) is 0 Å². The molecule has 1 amide bonds. The number of hydrogen-bond acceptors (Lipinski definition) is 4. The number of rotatable bonds is 3. The van der Waals surface area contributed by atoms with E-state index in [0.29, 0.717) is 0 Å². The number of carbonyl (C=O) groups is 1. The van der Waals surface area contributed by atoms with Crippen LogP contribution in [0.3, 0.4) is 0 Å². The quantitative estimate of drug-likeness (QED) is 0.837. The lowest BCUT2D eigenvalue weighted by Crippen LogP contribution is -2.48. The third-order valence-electron chi connectivity index (χ3n) is 4.55. The smallest absolute Gasteiger partial charge is 0.257 e. The van der Waals surface area contributed by atoms with Crippen LogP contribution in [0.4, 0.5) is 0 Å². The minimum atomic E-state index is 0.106. The summed E-state index contributed by atoms with van der Waals surface area (Å²) in [6.45, 7) is 8.03. The summed E-state index contributed by atoms with van der Waals surface area (Å²) in [6, 6.07) is 0. The van der Waals surface area contributed by atoms with Crippen molar-refractivity contribution in [2.75, 3.05) is 26.2 Å². The topological polar surface area (TPSA) is 59.2 Å². The zero-order valence-corrected chi connectivity index (χ0v) is 14.3. The van der Waals surface area contributed by atoms with E-state index < -0.39 is 0 Å². The molecule has 124 valence electrons. The number of amides is 1. The average Bonchev–Trinajstić information content (AvgIpc) is 3.03. The predicted octanol–water partition coefficient (Wildman–Crippen LogP) is 0.728. The number of aryl methyl sites for hydroxylation is 3. The van der Waals surface area contributed by atoms with Crippen LogP contribution < -0.4 is 0 Å². The molecule has 0 spiro atoms. The molecule has 0 radical (unpaired) electrons. The van der Waals surface area contributed by atoms with E-state index in [1.807, 2.05) is 49.9 Å². The van der Waals surface area contributed by atoms with Crippen LogP contribution in [-0.2, 0) is 20.6 Å². The van der Waals surface area contributed by atoms with Crippen molar-refractivity contribution in [1.82, 2.24) is 29.4 Å². The second-order valence-corrected chi connectivity index (χ2v) is 6.26. The van der Waals surface area contributed by atoms with Crippen molar-refractivity contribution in [3.8, 4) is 0 Å². The Labute approximate surface area is 136 Å². The third-order valence-corrected chi connectivity index (χ3v) is 4.55. The fourth-order valence-electron chi connectivity index (χ4n) is 3.16. The molecule has 0 bridgehead atoms. The van der Waals surface area contributed by atoms with Crippen LogP contribution in [0.25, 0.3) is 0 Å². The molecule has 1 aliphatic rings. The maximum Gasteiger partial charge on any atom is 0.257 e. The van der Waals surface area contributed by atoms with Gasteiger partial charge in [-0.15, -0.1) is 0 Å². The molecular formula is C16H24N6O. The van der Waals surface area contributed by atoms with E-state index in [4.69, 9.17) is 0 Å². The minimum Gasteiger partial charge on any atom is -0.336 e. The lowest BCUT2D eigenvalue weighted by Gasteiger charge is -2.34. The molecule has 2 aromatic heterocycles. The standard InChI is InChI=1S/C16H24N6O/c1-12-15(13(2)20(4)18-12)16(23)22-7-5-21(6-8-22)11-14-9-17-19(3)10-14/h9-10H,5-8,11H2,1-4H3. The Morgan fingerprint density at radius 2 is 1.87 bits per heavy atom. The summed E-state index contributed by atoms with van der Waals surface area (Å²) >= 11 is 0. The summed E-state index contributed by atoms with van der Waals surface area (Å²) in [6.07, 6.45) is 3.94. The van der Waals surface area contributed by atoms with E-state index in [-0.39, 0.29) is 5.91 Å². The van der Waals surface area contributed by atoms with Crippen LogP contribution in [0.2, 0.25) is 0 Å². The predicted molar refractivity (Wildman–Crippen MR) is 87.1 cm³/mol. The fourth-order valence-corrected chi connectivity index (χ4v) is 3.16. The average molecular weight is 316 g/mol. The molecule has 1 aliphatic heterocycles. The van der Waals surface area contributed by atoms with E-state index in [2.05, 4.69) is 15.1 Å². The molecule has 1 fully saturated rings. The van der Waals surface area contributed by atoms with Crippen LogP contribution >= 0.6 is 0 Å². The lowest BCUT2D eigenvalue weighted by molar-refractivity contribution is 0.0627. The molecular weight excluding hydrogens is 292 g/mol. The van der Waals surface area contributed by atoms with Gasteiger partial charge in [0.1, 0.15) is 0 Å². The zero-order valence-electron chi connectivity index (χ0n) is 14.3. The first-order valence-corrected chi connectivity index (χ1v) is 7.95. The van der Waals surface area contributed by atoms with E-state index in [0.717, 1.165) is 49.7 Å². The molecule has 0 atom stereocenters. The minimum absolute atomic E-state index is 0.106. The highest BCUT2D eigenvalue weighted by Gasteiger charge is 2.26. The zero-order chi connectivity index (χ0) is 16.6. The van der Waals surface area contributed by atoms with Crippen molar-refractivity contribution in [1.29, 1.82) is 0 Å². The first-order valence-electron chi connectivity index (χ1n) is 7.95. The summed E-state index contributed by atoms with van der Waals surface area (Å²) < 4.78 is 3.60. The molecule has 0 aromatic carbocycles. The Balaban J connectivity index is 1.61. The molecule has 0 unspecified atom stereocenters.